The van der Waals surface area contributed by atoms with Gasteiger partial charge in [0.15, 0.2) is 0 Å². The standard InChI is InChI=1S/C16H13ClN4/c17-15-9-14(13-6-2-1-3-7-13)20-16(21-15)19-11-12-5-4-8-18-10-12/h1-10H,11H2,(H,19,20,21). The zero-order chi connectivity index (χ0) is 14.5. The molecule has 0 fully saturated rings. The van der Waals surface area contributed by atoms with Crippen LogP contribution in [0.15, 0.2) is 60.9 Å². The van der Waals surface area contributed by atoms with Gasteiger partial charge in [-0.15, -0.1) is 0 Å². The van der Waals surface area contributed by atoms with Crippen LogP contribution in [0.5, 0.6) is 0 Å². The monoisotopic (exact) mass is 296 g/mol. The van der Waals surface area contributed by atoms with E-state index in [4.69, 9.17) is 11.6 Å². The summed E-state index contributed by atoms with van der Waals surface area (Å²) in [6.45, 7) is 0.600. The summed E-state index contributed by atoms with van der Waals surface area (Å²) in [5.74, 6) is 0.505. The van der Waals surface area contributed by atoms with Crippen molar-refractivity contribution < 1.29 is 0 Å². The molecule has 0 aliphatic carbocycles. The first kappa shape index (κ1) is 13.5. The summed E-state index contributed by atoms with van der Waals surface area (Å²) < 4.78 is 0. The summed E-state index contributed by atoms with van der Waals surface area (Å²) in [4.78, 5) is 12.8. The fourth-order valence-corrected chi connectivity index (χ4v) is 2.12. The van der Waals surface area contributed by atoms with Gasteiger partial charge < -0.3 is 5.32 Å². The molecule has 0 aliphatic heterocycles. The normalized spacial score (nSPS) is 10.3. The van der Waals surface area contributed by atoms with Crippen LogP contribution in [0.2, 0.25) is 5.15 Å². The van der Waals surface area contributed by atoms with Crippen molar-refractivity contribution in [3.63, 3.8) is 0 Å². The van der Waals surface area contributed by atoms with Crippen LogP contribution in [-0.2, 0) is 6.54 Å². The van der Waals surface area contributed by atoms with Crippen molar-refractivity contribution in [2.45, 2.75) is 6.54 Å². The molecule has 0 unspecified atom stereocenters. The number of nitrogens with one attached hydrogen (secondary N) is 1. The second kappa shape index (κ2) is 6.33. The van der Waals surface area contributed by atoms with Crippen LogP contribution in [0, 0.1) is 0 Å². The average Bonchev–Trinajstić information content (AvgIpc) is 2.54. The van der Waals surface area contributed by atoms with Gasteiger partial charge >= 0.3 is 0 Å². The lowest BCUT2D eigenvalue weighted by atomic mass is 10.1. The summed E-state index contributed by atoms with van der Waals surface area (Å²) in [6.07, 6.45) is 3.54. The largest absolute Gasteiger partial charge is 0.350 e. The molecule has 2 heterocycles. The number of hydrogen-bond donors (Lipinski definition) is 1. The van der Waals surface area contributed by atoms with Crippen molar-refractivity contribution in [1.82, 2.24) is 15.0 Å². The average molecular weight is 297 g/mol. The fraction of sp³-hybridized carbons (Fsp3) is 0.0625. The van der Waals surface area contributed by atoms with Crippen molar-refractivity contribution >= 4 is 17.5 Å². The van der Waals surface area contributed by atoms with E-state index in [1.807, 2.05) is 42.5 Å². The molecule has 0 saturated heterocycles. The summed E-state index contributed by atoms with van der Waals surface area (Å²) in [6, 6.07) is 15.5. The van der Waals surface area contributed by atoms with Gasteiger partial charge in [-0.1, -0.05) is 48.0 Å². The Kier molecular flexibility index (Phi) is 4.07. The number of anilines is 1. The molecular weight excluding hydrogens is 284 g/mol. The van der Waals surface area contributed by atoms with E-state index in [0.29, 0.717) is 17.6 Å². The van der Waals surface area contributed by atoms with Gasteiger partial charge in [0.1, 0.15) is 5.15 Å². The summed E-state index contributed by atoms with van der Waals surface area (Å²) in [5, 5.41) is 3.58. The van der Waals surface area contributed by atoms with Gasteiger partial charge in [-0.05, 0) is 11.6 Å². The minimum absolute atomic E-state index is 0.414. The Morgan fingerprint density at radius 2 is 1.86 bits per heavy atom. The van der Waals surface area contributed by atoms with Crippen LogP contribution in [0.1, 0.15) is 5.56 Å². The Morgan fingerprint density at radius 1 is 1.00 bits per heavy atom. The lowest BCUT2D eigenvalue weighted by Crippen LogP contribution is -2.04. The van der Waals surface area contributed by atoms with E-state index in [2.05, 4.69) is 20.3 Å². The van der Waals surface area contributed by atoms with E-state index >= 15 is 0 Å². The Labute approximate surface area is 127 Å². The van der Waals surface area contributed by atoms with Gasteiger partial charge in [-0.25, -0.2) is 9.97 Å². The number of benzene rings is 1. The molecule has 0 radical (unpaired) electrons. The van der Waals surface area contributed by atoms with E-state index in [1.54, 1.807) is 18.5 Å². The highest BCUT2D eigenvalue weighted by atomic mass is 35.5. The predicted octanol–water partition coefficient (Wildman–Crippen LogP) is 3.80. The topological polar surface area (TPSA) is 50.7 Å². The lowest BCUT2D eigenvalue weighted by Gasteiger charge is -2.07. The minimum Gasteiger partial charge on any atom is -0.350 e. The van der Waals surface area contributed by atoms with Crippen LogP contribution < -0.4 is 5.32 Å². The van der Waals surface area contributed by atoms with E-state index in [1.165, 1.54) is 0 Å². The molecule has 0 amide bonds. The van der Waals surface area contributed by atoms with Crippen molar-refractivity contribution in [3.05, 3.63) is 71.6 Å². The highest BCUT2D eigenvalue weighted by Gasteiger charge is 2.05. The maximum absolute atomic E-state index is 6.08. The molecule has 2 aromatic heterocycles. The lowest BCUT2D eigenvalue weighted by molar-refractivity contribution is 1.04. The van der Waals surface area contributed by atoms with Gasteiger partial charge in [-0.2, -0.15) is 0 Å². The Balaban J connectivity index is 1.82. The molecule has 4 nitrogen and oxygen atoms in total. The molecule has 3 rings (SSSR count). The van der Waals surface area contributed by atoms with Crippen LogP contribution >= 0.6 is 11.6 Å². The molecule has 3 aromatic rings. The molecule has 0 bridgehead atoms. The van der Waals surface area contributed by atoms with Crippen molar-refractivity contribution in [1.29, 1.82) is 0 Å². The van der Waals surface area contributed by atoms with E-state index < -0.39 is 0 Å². The first-order chi connectivity index (χ1) is 10.3. The molecule has 5 heteroatoms. The highest BCUT2D eigenvalue weighted by molar-refractivity contribution is 6.29. The smallest absolute Gasteiger partial charge is 0.224 e. The Hall–Kier alpha value is -2.46. The van der Waals surface area contributed by atoms with Crippen molar-refractivity contribution in [2.24, 2.45) is 0 Å². The van der Waals surface area contributed by atoms with Gasteiger partial charge in [0.05, 0.1) is 5.69 Å². The quantitative estimate of drug-likeness (QED) is 0.744. The SMILES string of the molecule is Clc1cc(-c2ccccc2)nc(NCc2cccnc2)n1. The Morgan fingerprint density at radius 3 is 2.62 bits per heavy atom. The summed E-state index contributed by atoms with van der Waals surface area (Å²) in [5.41, 5.74) is 2.86. The zero-order valence-electron chi connectivity index (χ0n) is 11.2. The van der Waals surface area contributed by atoms with E-state index in [-0.39, 0.29) is 0 Å². The number of aromatic nitrogens is 3. The molecular formula is C16H13ClN4. The van der Waals surface area contributed by atoms with Gasteiger partial charge in [0.25, 0.3) is 0 Å². The van der Waals surface area contributed by atoms with Gasteiger partial charge in [0.2, 0.25) is 5.95 Å². The second-order valence-electron chi connectivity index (χ2n) is 4.48. The second-order valence-corrected chi connectivity index (χ2v) is 4.87. The molecule has 104 valence electrons. The molecule has 0 aliphatic rings. The van der Waals surface area contributed by atoms with Crippen LogP contribution in [-0.4, -0.2) is 15.0 Å². The third-order valence-electron chi connectivity index (χ3n) is 2.94. The van der Waals surface area contributed by atoms with E-state index in [9.17, 15) is 0 Å². The predicted molar refractivity (Wildman–Crippen MR) is 84.0 cm³/mol. The third kappa shape index (κ3) is 3.55. The number of hydrogen-bond acceptors (Lipinski definition) is 4. The van der Waals surface area contributed by atoms with Crippen molar-refractivity contribution in [3.8, 4) is 11.3 Å². The molecule has 1 aromatic carbocycles. The first-order valence-electron chi connectivity index (χ1n) is 6.54. The molecule has 0 spiro atoms. The van der Waals surface area contributed by atoms with Crippen LogP contribution in [0.3, 0.4) is 0 Å². The third-order valence-corrected chi connectivity index (χ3v) is 3.13. The summed E-state index contributed by atoms with van der Waals surface area (Å²) in [7, 11) is 0. The highest BCUT2D eigenvalue weighted by Crippen LogP contribution is 2.21. The fourth-order valence-electron chi connectivity index (χ4n) is 1.94. The van der Waals surface area contributed by atoms with Gasteiger partial charge in [-0.3, -0.25) is 4.98 Å². The van der Waals surface area contributed by atoms with Gasteiger partial charge in [0, 0.05) is 30.6 Å². The maximum Gasteiger partial charge on any atom is 0.224 e. The molecule has 0 atom stereocenters. The number of rotatable bonds is 4. The van der Waals surface area contributed by atoms with Crippen molar-refractivity contribution in [2.75, 3.05) is 5.32 Å². The number of halogens is 1. The van der Waals surface area contributed by atoms with Crippen LogP contribution in [0.25, 0.3) is 11.3 Å². The number of nitrogens with zero attached hydrogens (tertiary/aromatic N) is 3. The molecule has 21 heavy (non-hydrogen) atoms. The summed E-state index contributed by atoms with van der Waals surface area (Å²) >= 11 is 6.08. The first-order valence-corrected chi connectivity index (χ1v) is 6.92. The zero-order valence-corrected chi connectivity index (χ0v) is 12.0. The van der Waals surface area contributed by atoms with E-state index in [0.717, 1.165) is 16.8 Å². The maximum atomic E-state index is 6.08. The van der Waals surface area contributed by atoms with Crippen LogP contribution in [0.4, 0.5) is 5.95 Å². The Bertz CT molecular complexity index is 717. The number of pyridine rings is 1. The molecule has 1 N–H and O–H groups in total. The minimum atomic E-state index is 0.414. The molecule has 0 saturated carbocycles.